The molecule has 3 aromatic rings. The van der Waals surface area contributed by atoms with Gasteiger partial charge >= 0.3 is 0 Å². The van der Waals surface area contributed by atoms with E-state index in [9.17, 15) is 13.6 Å². The molecule has 0 aliphatic heterocycles. The normalized spacial score (nSPS) is 10.6. The van der Waals surface area contributed by atoms with Gasteiger partial charge in [0.1, 0.15) is 17.3 Å². The largest absolute Gasteiger partial charge is 0.287 e. The van der Waals surface area contributed by atoms with Crippen LogP contribution < -0.4 is 0 Å². The number of rotatable bonds is 3. The van der Waals surface area contributed by atoms with Gasteiger partial charge in [-0.25, -0.2) is 13.5 Å². The lowest BCUT2D eigenvalue weighted by atomic mass is 10.1. The van der Waals surface area contributed by atoms with Crippen LogP contribution in [0.15, 0.2) is 54.7 Å². The zero-order chi connectivity index (χ0) is 14.8. The van der Waals surface area contributed by atoms with Crippen molar-refractivity contribution in [2.75, 3.05) is 0 Å². The molecule has 0 aliphatic carbocycles. The maximum absolute atomic E-state index is 13.2. The molecule has 0 N–H and O–H groups in total. The van der Waals surface area contributed by atoms with Crippen LogP contribution in [-0.2, 0) is 0 Å². The average Bonchev–Trinajstić information content (AvgIpc) is 2.95. The topological polar surface area (TPSA) is 47.8 Å². The summed E-state index contributed by atoms with van der Waals surface area (Å²) in [6.45, 7) is 0. The Morgan fingerprint density at radius 2 is 1.67 bits per heavy atom. The number of para-hydroxylation sites is 1. The molecule has 0 spiro atoms. The Labute approximate surface area is 118 Å². The maximum Gasteiger partial charge on any atom is 0.213 e. The fraction of sp³-hybridized carbons (Fsp3) is 0. The van der Waals surface area contributed by atoms with Crippen molar-refractivity contribution < 1.29 is 13.6 Å². The summed E-state index contributed by atoms with van der Waals surface area (Å²) >= 11 is 0. The standard InChI is InChI=1S/C15H9F2N3O/c16-11-6-10(7-12(17)8-11)15(21)14-9-18-19-20(14)13-4-2-1-3-5-13/h1-9H. The quantitative estimate of drug-likeness (QED) is 0.695. The van der Waals surface area contributed by atoms with Gasteiger partial charge in [0, 0.05) is 11.6 Å². The van der Waals surface area contributed by atoms with Gasteiger partial charge in [-0.3, -0.25) is 4.79 Å². The molecule has 3 rings (SSSR count). The van der Waals surface area contributed by atoms with Gasteiger partial charge in [-0.2, -0.15) is 0 Å². The van der Waals surface area contributed by atoms with Crippen LogP contribution in [-0.4, -0.2) is 20.8 Å². The van der Waals surface area contributed by atoms with E-state index in [0.29, 0.717) is 11.8 Å². The van der Waals surface area contributed by atoms with Crippen molar-refractivity contribution in [1.29, 1.82) is 0 Å². The number of carbonyl (C=O) groups is 1. The fourth-order valence-electron chi connectivity index (χ4n) is 1.98. The molecule has 1 aromatic heterocycles. The minimum absolute atomic E-state index is 0.0908. The minimum Gasteiger partial charge on any atom is -0.287 e. The Morgan fingerprint density at radius 3 is 2.33 bits per heavy atom. The monoisotopic (exact) mass is 285 g/mol. The highest BCUT2D eigenvalue weighted by molar-refractivity contribution is 6.08. The van der Waals surface area contributed by atoms with Crippen LogP contribution in [0.5, 0.6) is 0 Å². The van der Waals surface area contributed by atoms with Gasteiger partial charge in [-0.15, -0.1) is 5.10 Å². The first-order chi connectivity index (χ1) is 10.1. The van der Waals surface area contributed by atoms with E-state index in [1.807, 2.05) is 6.07 Å². The molecular weight excluding hydrogens is 276 g/mol. The third kappa shape index (κ3) is 2.55. The Hall–Kier alpha value is -2.89. The van der Waals surface area contributed by atoms with Gasteiger partial charge in [-0.05, 0) is 24.3 Å². The first-order valence-electron chi connectivity index (χ1n) is 6.12. The molecule has 0 saturated carbocycles. The molecule has 104 valence electrons. The Morgan fingerprint density at radius 1 is 1.00 bits per heavy atom. The zero-order valence-electron chi connectivity index (χ0n) is 10.7. The van der Waals surface area contributed by atoms with E-state index in [0.717, 1.165) is 12.1 Å². The van der Waals surface area contributed by atoms with Gasteiger partial charge in [0.2, 0.25) is 5.78 Å². The molecule has 0 saturated heterocycles. The summed E-state index contributed by atoms with van der Waals surface area (Å²) in [6.07, 6.45) is 1.26. The molecule has 21 heavy (non-hydrogen) atoms. The predicted molar refractivity (Wildman–Crippen MR) is 71.1 cm³/mol. The Bertz CT molecular complexity index is 779. The maximum atomic E-state index is 13.2. The highest BCUT2D eigenvalue weighted by atomic mass is 19.1. The van der Waals surface area contributed by atoms with Crippen LogP contribution in [0.1, 0.15) is 16.1 Å². The summed E-state index contributed by atoms with van der Waals surface area (Å²) < 4.78 is 27.8. The number of ketones is 1. The zero-order valence-corrected chi connectivity index (χ0v) is 10.7. The molecule has 4 nitrogen and oxygen atoms in total. The summed E-state index contributed by atoms with van der Waals surface area (Å²) in [7, 11) is 0. The van der Waals surface area contributed by atoms with Crippen LogP contribution in [0.3, 0.4) is 0 Å². The van der Waals surface area contributed by atoms with Crippen molar-refractivity contribution in [1.82, 2.24) is 15.0 Å². The first kappa shape index (κ1) is 13.1. The van der Waals surface area contributed by atoms with Crippen LogP contribution in [0.4, 0.5) is 8.78 Å². The molecular formula is C15H9F2N3O. The molecule has 0 bridgehead atoms. The summed E-state index contributed by atoms with van der Waals surface area (Å²) in [5.41, 5.74) is 0.674. The molecule has 1 heterocycles. The molecule has 0 aliphatic rings. The number of hydrogen-bond donors (Lipinski definition) is 0. The van der Waals surface area contributed by atoms with E-state index in [1.54, 1.807) is 24.3 Å². The Balaban J connectivity index is 2.06. The minimum atomic E-state index is -0.808. The van der Waals surface area contributed by atoms with Crippen molar-refractivity contribution in [3.05, 3.63) is 77.6 Å². The second-order valence-corrected chi connectivity index (χ2v) is 4.35. The van der Waals surface area contributed by atoms with Crippen LogP contribution in [0.25, 0.3) is 5.69 Å². The number of benzene rings is 2. The van der Waals surface area contributed by atoms with E-state index in [1.165, 1.54) is 10.9 Å². The summed E-state index contributed by atoms with van der Waals surface area (Å²) in [5, 5.41) is 7.53. The van der Waals surface area contributed by atoms with Crippen molar-refractivity contribution in [2.45, 2.75) is 0 Å². The van der Waals surface area contributed by atoms with Gasteiger partial charge in [-0.1, -0.05) is 23.4 Å². The van der Waals surface area contributed by atoms with Crippen LogP contribution in [0.2, 0.25) is 0 Å². The SMILES string of the molecule is O=C(c1cc(F)cc(F)c1)c1cnnn1-c1ccccc1. The van der Waals surface area contributed by atoms with Gasteiger partial charge in [0.15, 0.2) is 0 Å². The third-order valence-electron chi connectivity index (χ3n) is 2.91. The molecule has 6 heteroatoms. The van der Waals surface area contributed by atoms with Gasteiger partial charge in [0.25, 0.3) is 0 Å². The molecule has 0 fully saturated rings. The van der Waals surface area contributed by atoms with E-state index in [2.05, 4.69) is 10.3 Å². The molecule has 0 atom stereocenters. The first-order valence-corrected chi connectivity index (χ1v) is 6.12. The smallest absolute Gasteiger partial charge is 0.213 e. The highest BCUT2D eigenvalue weighted by Crippen LogP contribution is 2.15. The van der Waals surface area contributed by atoms with Crippen molar-refractivity contribution in [3.8, 4) is 5.69 Å². The van der Waals surface area contributed by atoms with Crippen LogP contribution >= 0.6 is 0 Å². The number of nitrogens with zero attached hydrogens (tertiary/aromatic N) is 3. The molecule has 0 radical (unpaired) electrons. The lowest BCUT2D eigenvalue weighted by Crippen LogP contribution is -2.10. The predicted octanol–water partition coefficient (Wildman–Crippen LogP) is 2.78. The summed E-state index contributed by atoms with van der Waals surface area (Å²) in [4.78, 5) is 12.4. The van der Waals surface area contributed by atoms with Crippen molar-refractivity contribution in [3.63, 3.8) is 0 Å². The van der Waals surface area contributed by atoms with Crippen molar-refractivity contribution >= 4 is 5.78 Å². The van der Waals surface area contributed by atoms with E-state index in [-0.39, 0.29) is 11.3 Å². The lowest BCUT2D eigenvalue weighted by molar-refractivity contribution is 0.103. The number of halogens is 2. The van der Waals surface area contributed by atoms with Crippen molar-refractivity contribution in [2.24, 2.45) is 0 Å². The second kappa shape index (κ2) is 5.24. The van der Waals surface area contributed by atoms with Crippen LogP contribution in [0, 0.1) is 11.6 Å². The molecule has 2 aromatic carbocycles. The van der Waals surface area contributed by atoms with Gasteiger partial charge < -0.3 is 0 Å². The highest BCUT2D eigenvalue weighted by Gasteiger charge is 2.18. The van der Waals surface area contributed by atoms with Gasteiger partial charge in [0.05, 0.1) is 11.9 Å². The third-order valence-corrected chi connectivity index (χ3v) is 2.91. The fourth-order valence-corrected chi connectivity index (χ4v) is 1.98. The van der Waals surface area contributed by atoms with E-state index >= 15 is 0 Å². The molecule has 0 unspecified atom stereocenters. The lowest BCUT2D eigenvalue weighted by Gasteiger charge is -2.05. The van der Waals surface area contributed by atoms with E-state index < -0.39 is 17.4 Å². The number of hydrogen-bond acceptors (Lipinski definition) is 3. The number of carbonyl (C=O) groups excluding carboxylic acids is 1. The number of aromatic nitrogens is 3. The average molecular weight is 285 g/mol. The Kier molecular flexibility index (Phi) is 3.27. The molecule has 0 amide bonds. The van der Waals surface area contributed by atoms with E-state index in [4.69, 9.17) is 0 Å². The second-order valence-electron chi connectivity index (χ2n) is 4.35. The summed E-state index contributed by atoms with van der Waals surface area (Å²) in [6, 6.07) is 11.6. The summed E-state index contributed by atoms with van der Waals surface area (Å²) in [5.74, 6) is -2.17.